The van der Waals surface area contributed by atoms with Crippen LogP contribution in [0.3, 0.4) is 0 Å². The Morgan fingerprint density at radius 1 is 1.42 bits per heavy atom. The van der Waals surface area contributed by atoms with E-state index in [0.29, 0.717) is 11.8 Å². The fourth-order valence-electron chi connectivity index (χ4n) is 3.52. The minimum atomic E-state index is 0.476. The summed E-state index contributed by atoms with van der Waals surface area (Å²) in [6.45, 7) is 9.12. The quantitative estimate of drug-likeness (QED) is 0.412. The van der Waals surface area contributed by atoms with Crippen LogP contribution in [0.2, 0.25) is 0 Å². The molecule has 0 aliphatic carbocycles. The number of aromatic amines is 1. The molecule has 2 saturated heterocycles. The summed E-state index contributed by atoms with van der Waals surface area (Å²) >= 11 is 0. The molecule has 1 aromatic heterocycles. The Bertz CT molecular complexity index is 522. The maximum Gasteiger partial charge on any atom is 0.193 e. The third-order valence-corrected chi connectivity index (χ3v) is 5.04. The molecule has 0 amide bonds. The third kappa shape index (κ3) is 5.67. The van der Waals surface area contributed by atoms with Crippen LogP contribution >= 0.6 is 0 Å². The SMILES string of the molecule is CCNC(=NCCCOCC1CCOC1)N1CCC(c2ncn[nH]2)CC1. The summed E-state index contributed by atoms with van der Waals surface area (Å²) in [5, 5.41) is 10.4. The lowest BCUT2D eigenvalue weighted by Gasteiger charge is -2.33. The van der Waals surface area contributed by atoms with Gasteiger partial charge in [0.15, 0.2) is 5.96 Å². The fraction of sp³-hybridized carbons (Fsp3) is 0.833. The maximum atomic E-state index is 5.76. The lowest BCUT2D eigenvalue weighted by Crippen LogP contribution is -2.45. The fourth-order valence-corrected chi connectivity index (χ4v) is 3.52. The second-order valence-corrected chi connectivity index (χ2v) is 7.03. The van der Waals surface area contributed by atoms with Crippen molar-refractivity contribution in [3.05, 3.63) is 12.2 Å². The third-order valence-electron chi connectivity index (χ3n) is 5.04. The predicted molar refractivity (Wildman–Crippen MR) is 100 cm³/mol. The second-order valence-electron chi connectivity index (χ2n) is 7.03. The van der Waals surface area contributed by atoms with Crippen molar-refractivity contribution in [2.75, 3.05) is 52.6 Å². The van der Waals surface area contributed by atoms with Gasteiger partial charge in [0, 0.05) is 51.2 Å². The minimum absolute atomic E-state index is 0.476. The zero-order valence-electron chi connectivity index (χ0n) is 15.8. The van der Waals surface area contributed by atoms with Crippen LogP contribution in [-0.4, -0.2) is 78.6 Å². The van der Waals surface area contributed by atoms with Crippen molar-refractivity contribution in [2.24, 2.45) is 10.9 Å². The number of rotatable bonds is 8. The molecule has 0 radical (unpaired) electrons. The van der Waals surface area contributed by atoms with Crippen molar-refractivity contribution in [2.45, 2.75) is 38.5 Å². The van der Waals surface area contributed by atoms with Crippen LogP contribution < -0.4 is 5.32 Å². The molecule has 0 spiro atoms. The standard InChI is InChI=1S/C18H32N6O2/c1-2-19-18(20-7-3-10-25-12-15-6-11-26-13-15)24-8-4-16(5-9-24)17-21-14-22-23-17/h14-16H,2-13H2,1H3,(H,19,20)(H,21,22,23). The Morgan fingerprint density at radius 3 is 3.00 bits per heavy atom. The number of hydrogen-bond donors (Lipinski definition) is 2. The molecule has 3 heterocycles. The van der Waals surface area contributed by atoms with Crippen molar-refractivity contribution in [1.29, 1.82) is 0 Å². The summed E-state index contributed by atoms with van der Waals surface area (Å²) in [4.78, 5) is 11.4. The molecule has 2 aliphatic heterocycles. The van der Waals surface area contributed by atoms with E-state index in [1.165, 1.54) is 0 Å². The van der Waals surface area contributed by atoms with Gasteiger partial charge in [0.05, 0.1) is 13.2 Å². The predicted octanol–water partition coefficient (Wildman–Crippen LogP) is 1.39. The summed E-state index contributed by atoms with van der Waals surface area (Å²) in [5.74, 6) is 3.09. The van der Waals surface area contributed by atoms with E-state index in [-0.39, 0.29) is 0 Å². The normalized spacial score (nSPS) is 22.1. The lowest BCUT2D eigenvalue weighted by atomic mass is 9.96. The van der Waals surface area contributed by atoms with Crippen LogP contribution in [0.1, 0.15) is 44.3 Å². The molecule has 1 unspecified atom stereocenters. The molecule has 0 bridgehead atoms. The number of piperidine rings is 1. The van der Waals surface area contributed by atoms with Gasteiger partial charge in [-0.3, -0.25) is 10.1 Å². The molecule has 2 fully saturated rings. The van der Waals surface area contributed by atoms with Crippen LogP contribution in [-0.2, 0) is 9.47 Å². The average Bonchev–Trinajstić information content (AvgIpc) is 3.38. The number of aliphatic imine (C=N–C) groups is 1. The van der Waals surface area contributed by atoms with Gasteiger partial charge in [-0.1, -0.05) is 0 Å². The molecule has 2 aliphatic rings. The highest BCUT2D eigenvalue weighted by molar-refractivity contribution is 5.80. The Hall–Kier alpha value is -1.67. The molecule has 1 aromatic rings. The molecule has 26 heavy (non-hydrogen) atoms. The summed E-state index contributed by atoms with van der Waals surface area (Å²) in [5.41, 5.74) is 0. The van der Waals surface area contributed by atoms with E-state index < -0.39 is 0 Å². The largest absolute Gasteiger partial charge is 0.381 e. The van der Waals surface area contributed by atoms with Crippen LogP contribution in [0.25, 0.3) is 0 Å². The van der Waals surface area contributed by atoms with Crippen molar-refractivity contribution >= 4 is 5.96 Å². The molecule has 8 heteroatoms. The van der Waals surface area contributed by atoms with Crippen molar-refractivity contribution in [3.63, 3.8) is 0 Å². The van der Waals surface area contributed by atoms with Gasteiger partial charge in [0.2, 0.25) is 0 Å². The first-order chi connectivity index (χ1) is 12.9. The highest BCUT2D eigenvalue weighted by atomic mass is 16.5. The first-order valence-corrected chi connectivity index (χ1v) is 9.90. The zero-order chi connectivity index (χ0) is 18.0. The first-order valence-electron chi connectivity index (χ1n) is 9.90. The highest BCUT2D eigenvalue weighted by Gasteiger charge is 2.24. The van der Waals surface area contributed by atoms with Gasteiger partial charge in [-0.2, -0.15) is 5.10 Å². The topological polar surface area (TPSA) is 87.7 Å². The molecule has 8 nitrogen and oxygen atoms in total. The van der Waals surface area contributed by atoms with Crippen LogP contribution in [0.5, 0.6) is 0 Å². The Balaban J connectivity index is 1.36. The summed E-state index contributed by atoms with van der Waals surface area (Å²) in [7, 11) is 0. The molecular formula is C18H32N6O2. The lowest BCUT2D eigenvalue weighted by molar-refractivity contribution is 0.0893. The Labute approximate surface area is 155 Å². The van der Waals surface area contributed by atoms with Crippen LogP contribution in [0.15, 0.2) is 11.3 Å². The van der Waals surface area contributed by atoms with Crippen molar-refractivity contribution in [1.82, 2.24) is 25.4 Å². The van der Waals surface area contributed by atoms with E-state index in [1.54, 1.807) is 6.33 Å². The minimum Gasteiger partial charge on any atom is -0.381 e. The number of nitrogens with one attached hydrogen (secondary N) is 2. The average molecular weight is 364 g/mol. The number of ether oxygens (including phenoxy) is 2. The number of guanidine groups is 1. The number of hydrogen-bond acceptors (Lipinski definition) is 5. The Kier molecular flexibility index (Phi) is 7.69. The Morgan fingerprint density at radius 2 is 2.31 bits per heavy atom. The van der Waals surface area contributed by atoms with E-state index in [4.69, 9.17) is 14.5 Å². The first kappa shape index (κ1) is 19.1. The van der Waals surface area contributed by atoms with E-state index in [9.17, 15) is 0 Å². The monoisotopic (exact) mass is 364 g/mol. The van der Waals surface area contributed by atoms with Gasteiger partial charge in [-0.05, 0) is 32.6 Å². The van der Waals surface area contributed by atoms with Gasteiger partial charge in [0.25, 0.3) is 0 Å². The molecule has 1 atom stereocenters. The van der Waals surface area contributed by atoms with Gasteiger partial charge < -0.3 is 19.7 Å². The van der Waals surface area contributed by atoms with Crippen LogP contribution in [0, 0.1) is 5.92 Å². The molecule has 3 rings (SSSR count). The van der Waals surface area contributed by atoms with E-state index in [1.807, 2.05) is 0 Å². The zero-order valence-corrected chi connectivity index (χ0v) is 15.8. The number of nitrogens with zero attached hydrogens (tertiary/aromatic N) is 4. The molecule has 146 valence electrons. The summed E-state index contributed by atoms with van der Waals surface area (Å²) in [6.07, 6.45) is 5.83. The van der Waals surface area contributed by atoms with Crippen LogP contribution in [0.4, 0.5) is 0 Å². The van der Waals surface area contributed by atoms with Gasteiger partial charge >= 0.3 is 0 Å². The summed E-state index contributed by atoms with van der Waals surface area (Å²) in [6, 6.07) is 0. The molecular weight excluding hydrogens is 332 g/mol. The van der Waals surface area contributed by atoms with Gasteiger partial charge in [-0.15, -0.1) is 0 Å². The van der Waals surface area contributed by atoms with E-state index in [2.05, 4.69) is 32.3 Å². The van der Waals surface area contributed by atoms with Gasteiger partial charge in [-0.25, -0.2) is 4.98 Å². The van der Waals surface area contributed by atoms with Crippen molar-refractivity contribution in [3.8, 4) is 0 Å². The summed E-state index contributed by atoms with van der Waals surface area (Å²) < 4.78 is 11.1. The number of likely N-dealkylation sites (tertiary alicyclic amines) is 1. The van der Waals surface area contributed by atoms with E-state index in [0.717, 1.165) is 90.1 Å². The smallest absolute Gasteiger partial charge is 0.193 e. The van der Waals surface area contributed by atoms with Crippen molar-refractivity contribution < 1.29 is 9.47 Å². The molecule has 0 aromatic carbocycles. The second kappa shape index (κ2) is 10.5. The highest BCUT2D eigenvalue weighted by Crippen LogP contribution is 2.24. The number of H-pyrrole nitrogens is 1. The molecule has 2 N–H and O–H groups in total. The maximum absolute atomic E-state index is 5.76. The number of aromatic nitrogens is 3. The van der Waals surface area contributed by atoms with E-state index >= 15 is 0 Å². The molecule has 0 saturated carbocycles. The van der Waals surface area contributed by atoms with Gasteiger partial charge in [0.1, 0.15) is 12.2 Å².